The molecule has 2 aromatic rings. The predicted octanol–water partition coefficient (Wildman–Crippen LogP) is 3.21. The van der Waals surface area contributed by atoms with Gasteiger partial charge in [0.1, 0.15) is 13.2 Å². The lowest BCUT2D eigenvalue weighted by atomic mass is 10.0. The second-order valence-corrected chi connectivity index (χ2v) is 6.92. The van der Waals surface area contributed by atoms with Crippen LogP contribution >= 0.6 is 0 Å². The second-order valence-electron chi connectivity index (χ2n) is 6.92. The number of rotatable bonds is 5. The summed E-state index contributed by atoms with van der Waals surface area (Å²) in [6.07, 6.45) is 2.50. The normalized spacial score (nSPS) is 20.4. The molecule has 2 heterocycles. The zero-order chi connectivity index (χ0) is 16.9. The molecule has 2 aliphatic rings. The Morgan fingerprint density at radius 2 is 1.80 bits per heavy atom. The van der Waals surface area contributed by atoms with E-state index in [1.807, 2.05) is 6.07 Å². The van der Waals surface area contributed by atoms with E-state index in [-0.39, 0.29) is 0 Å². The quantitative estimate of drug-likeness (QED) is 0.908. The van der Waals surface area contributed by atoms with Crippen LogP contribution in [0.5, 0.6) is 11.5 Å². The van der Waals surface area contributed by atoms with Gasteiger partial charge in [-0.2, -0.15) is 0 Å². The summed E-state index contributed by atoms with van der Waals surface area (Å²) in [6.45, 7) is 5.50. The smallest absolute Gasteiger partial charge is 0.161 e. The molecule has 0 aliphatic carbocycles. The highest BCUT2D eigenvalue weighted by molar-refractivity contribution is 5.43. The first-order chi connectivity index (χ1) is 12.4. The maximum absolute atomic E-state index is 5.68. The van der Waals surface area contributed by atoms with Crippen LogP contribution in [0.4, 0.5) is 0 Å². The summed E-state index contributed by atoms with van der Waals surface area (Å²) in [5.41, 5.74) is 2.65. The van der Waals surface area contributed by atoms with Gasteiger partial charge in [-0.25, -0.2) is 0 Å². The van der Waals surface area contributed by atoms with E-state index >= 15 is 0 Å². The molecule has 0 radical (unpaired) electrons. The Morgan fingerprint density at radius 1 is 0.960 bits per heavy atom. The van der Waals surface area contributed by atoms with Gasteiger partial charge in [-0.05, 0) is 42.6 Å². The first-order valence-corrected chi connectivity index (χ1v) is 9.25. The standard InChI is InChI=1S/C21H26N2O2/c1-2-5-17(6-3-1)15-23-10-4-7-19(16-23)22-14-18-8-9-20-21(13-18)25-12-11-24-20/h1-3,5-6,8-9,13,19,22H,4,7,10-12,14-16H2. The third kappa shape index (κ3) is 4.33. The van der Waals surface area contributed by atoms with Crippen molar-refractivity contribution in [1.29, 1.82) is 0 Å². The average molecular weight is 338 g/mol. The second kappa shape index (κ2) is 7.89. The summed E-state index contributed by atoms with van der Waals surface area (Å²) >= 11 is 0. The van der Waals surface area contributed by atoms with Crippen LogP contribution in [0.15, 0.2) is 48.5 Å². The van der Waals surface area contributed by atoms with Crippen molar-refractivity contribution in [2.24, 2.45) is 0 Å². The predicted molar refractivity (Wildman–Crippen MR) is 99.0 cm³/mol. The van der Waals surface area contributed by atoms with Crippen molar-refractivity contribution in [1.82, 2.24) is 10.2 Å². The fourth-order valence-corrected chi connectivity index (χ4v) is 3.67. The Labute approximate surface area is 149 Å². The highest BCUT2D eigenvalue weighted by Gasteiger charge is 2.20. The zero-order valence-corrected chi connectivity index (χ0v) is 14.6. The molecule has 1 fully saturated rings. The lowest BCUT2D eigenvalue weighted by Gasteiger charge is -2.33. The molecule has 0 bridgehead atoms. The highest BCUT2D eigenvalue weighted by atomic mass is 16.6. The average Bonchev–Trinajstić information content (AvgIpc) is 2.67. The van der Waals surface area contributed by atoms with Crippen molar-refractivity contribution >= 4 is 0 Å². The van der Waals surface area contributed by atoms with Crippen LogP contribution in [0.3, 0.4) is 0 Å². The molecule has 1 saturated heterocycles. The van der Waals surface area contributed by atoms with Crippen LogP contribution < -0.4 is 14.8 Å². The molecule has 25 heavy (non-hydrogen) atoms. The van der Waals surface area contributed by atoms with Crippen molar-refractivity contribution in [3.05, 3.63) is 59.7 Å². The number of nitrogens with one attached hydrogen (secondary N) is 1. The summed E-state index contributed by atoms with van der Waals surface area (Å²) in [4.78, 5) is 2.56. The molecule has 4 nitrogen and oxygen atoms in total. The lowest BCUT2D eigenvalue weighted by Crippen LogP contribution is -2.45. The van der Waals surface area contributed by atoms with Crippen molar-refractivity contribution in [2.75, 3.05) is 26.3 Å². The number of benzene rings is 2. The van der Waals surface area contributed by atoms with Gasteiger partial charge < -0.3 is 14.8 Å². The minimum Gasteiger partial charge on any atom is -0.486 e. The first-order valence-electron chi connectivity index (χ1n) is 9.25. The third-order valence-electron chi connectivity index (χ3n) is 4.96. The molecule has 1 unspecified atom stereocenters. The van der Waals surface area contributed by atoms with Gasteiger partial charge in [0.25, 0.3) is 0 Å². The van der Waals surface area contributed by atoms with Crippen molar-refractivity contribution < 1.29 is 9.47 Å². The lowest BCUT2D eigenvalue weighted by molar-refractivity contribution is 0.171. The van der Waals surface area contributed by atoms with Crippen molar-refractivity contribution in [2.45, 2.75) is 32.0 Å². The summed E-state index contributed by atoms with van der Waals surface area (Å²) in [7, 11) is 0. The molecule has 0 aromatic heterocycles. The molecular formula is C21H26N2O2. The maximum atomic E-state index is 5.68. The Bertz CT molecular complexity index is 690. The van der Waals surface area contributed by atoms with E-state index in [0.717, 1.165) is 31.1 Å². The fourth-order valence-electron chi connectivity index (χ4n) is 3.67. The molecule has 4 heteroatoms. The van der Waals surface area contributed by atoms with Gasteiger partial charge in [-0.3, -0.25) is 4.90 Å². The van der Waals surface area contributed by atoms with E-state index in [1.165, 1.54) is 30.5 Å². The molecule has 4 rings (SSSR count). The first kappa shape index (κ1) is 16.4. The van der Waals surface area contributed by atoms with Crippen LogP contribution in [0, 0.1) is 0 Å². The maximum Gasteiger partial charge on any atom is 0.161 e. The van der Waals surface area contributed by atoms with Gasteiger partial charge in [0, 0.05) is 25.7 Å². The van der Waals surface area contributed by atoms with Crippen LogP contribution in [-0.4, -0.2) is 37.2 Å². The Kier molecular flexibility index (Phi) is 5.19. The van der Waals surface area contributed by atoms with E-state index in [0.29, 0.717) is 19.3 Å². The zero-order valence-electron chi connectivity index (χ0n) is 14.6. The largest absolute Gasteiger partial charge is 0.486 e. The van der Waals surface area contributed by atoms with E-state index in [4.69, 9.17) is 9.47 Å². The number of hydrogen-bond donors (Lipinski definition) is 1. The molecule has 2 aromatic carbocycles. The third-order valence-corrected chi connectivity index (χ3v) is 4.96. The van der Waals surface area contributed by atoms with Gasteiger partial charge >= 0.3 is 0 Å². The summed E-state index contributed by atoms with van der Waals surface area (Å²) in [5.74, 6) is 1.74. The fraction of sp³-hybridized carbons (Fsp3) is 0.429. The van der Waals surface area contributed by atoms with Crippen LogP contribution in [0.2, 0.25) is 0 Å². The number of piperidine rings is 1. The monoisotopic (exact) mass is 338 g/mol. The topological polar surface area (TPSA) is 33.7 Å². The highest BCUT2D eigenvalue weighted by Crippen LogP contribution is 2.30. The molecule has 2 aliphatic heterocycles. The number of likely N-dealkylation sites (tertiary alicyclic amines) is 1. The molecule has 0 spiro atoms. The summed E-state index contributed by atoms with van der Waals surface area (Å²) in [6, 6.07) is 17.6. The molecule has 0 saturated carbocycles. The summed E-state index contributed by atoms with van der Waals surface area (Å²) in [5, 5.41) is 3.72. The molecule has 132 valence electrons. The van der Waals surface area contributed by atoms with Crippen molar-refractivity contribution in [3.8, 4) is 11.5 Å². The van der Waals surface area contributed by atoms with E-state index < -0.39 is 0 Å². The molecular weight excluding hydrogens is 312 g/mol. The molecule has 1 N–H and O–H groups in total. The SMILES string of the molecule is c1ccc(CN2CCCC(NCc3ccc4c(c3)OCCO4)C2)cc1. The number of nitrogens with zero attached hydrogens (tertiary/aromatic N) is 1. The van der Waals surface area contributed by atoms with Gasteiger partial charge in [-0.1, -0.05) is 36.4 Å². The van der Waals surface area contributed by atoms with Crippen LogP contribution in [-0.2, 0) is 13.1 Å². The Morgan fingerprint density at radius 3 is 2.68 bits per heavy atom. The van der Waals surface area contributed by atoms with Gasteiger partial charge in [-0.15, -0.1) is 0 Å². The summed E-state index contributed by atoms with van der Waals surface area (Å²) < 4.78 is 11.3. The van der Waals surface area contributed by atoms with Crippen molar-refractivity contribution in [3.63, 3.8) is 0 Å². The Balaban J connectivity index is 1.30. The number of hydrogen-bond acceptors (Lipinski definition) is 4. The van der Waals surface area contributed by atoms with E-state index in [9.17, 15) is 0 Å². The minimum atomic E-state index is 0.547. The van der Waals surface area contributed by atoms with E-state index in [1.54, 1.807) is 0 Å². The van der Waals surface area contributed by atoms with E-state index in [2.05, 4.69) is 52.7 Å². The number of fused-ring (bicyclic) bond motifs is 1. The molecule has 1 atom stereocenters. The number of ether oxygens (including phenoxy) is 2. The Hall–Kier alpha value is -2.04. The van der Waals surface area contributed by atoms with Gasteiger partial charge in [0.2, 0.25) is 0 Å². The van der Waals surface area contributed by atoms with Crippen LogP contribution in [0.25, 0.3) is 0 Å². The minimum absolute atomic E-state index is 0.547. The van der Waals surface area contributed by atoms with Gasteiger partial charge in [0.15, 0.2) is 11.5 Å². The van der Waals surface area contributed by atoms with Crippen LogP contribution in [0.1, 0.15) is 24.0 Å². The molecule has 0 amide bonds. The van der Waals surface area contributed by atoms with Gasteiger partial charge in [0.05, 0.1) is 0 Å².